The summed E-state index contributed by atoms with van der Waals surface area (Å²) in [5.41, 5.74) is 12.1. The minimum Gasteiger partial charge on any atom is -0.208 e. The number of rotatable bonds is 7. The van der Waals surface area contributed by atoms with Crippen molar-refractivity contribution in [2.75, 3.05) is 0 Å². The van der Waals surface area contributed by atoms with E-state index in [-0.39, 0.29) is 0 Å². The zero-order valence-electron chi connectivity index (χ0n) is 29.8. The molecule has 0 aliphatic carbocycles. The van der Waals surface area contributed by atoms with Crippen LogP contribution in [0.3, 0.4) is 0 Å². The Morgan fingerprint density at radius 2 is 0.655 bits per heavy atom. The lowest BCUT2D eigenvalue weighted by atomic mass is 9.98. The number of hydrogen-bond donors (Lipinski definition) is 0. The van der Waals surface area contributed by atoms with Crippen LogP contribution in [0.25, 0.3) is 98.8 Å². The Kier molecular flexibility index (Phi) is 8.36. The van der Waals surface area contributed by atoms with E-state index in [4.69, 9.17) is 15.0 Å². The Labute approximate surface area is 323 Å². The van der Waals surface area contributed by atoms with Crippen LogP contribution in [0.15, 0.2) is 200 Å². The van der Waals surface area contributed by atoms with Gasteiger partial charge in [-0.3, -0.25) is 0 Å². The van der Waals surface area contributed by atoms with Gasteiger partial charge in [-0.15, -0.1) is 11.3 Å². The summed E-state index contributed by atoms with van der Waals surface area (Å²) >= 11 is 1.84. The maximum Gasteiger partial charge on any atom is 0.164 e. The minimum atomic E-state index is 0.632. The smallest absolute Gasteiger partial charge is 0.164 e. The normalized spacial score (nSPS) is 11.3. The first-order valence-electron chi connectivity index (χ1n) is 18.4. The molecule has 0 bridgehead atoms. The second-order valence-electron chi connectivity index (χ2n) is 13.6. The highest BCUT2D eigenvalue weighted by molar-refractivity contribution is 7.25. The van der Waals surface area contributed by atoms with Crippen LogP contribution in [0, 0.1) is 0 Å². The lowest BCUT2D eigenvalue weighted by Gasteiger charge is -2.13. The maximum atomic E-state index is 5.15. The summed E-state index contributed by atoms with van der Waals surface area (Å²) < 4.78 is 2.60. The average Bonchev–Trinajstić information content (AvgIpc) is 3.66. The van der Waals surface area contributed by atoms with E-state index in [1.807, 2.05) is 29.5 Å². The van der Waals surface area contributed by atoms with Crippen LogP contribution in [0.4, 0.5) is 0 Å². The molecule has 4 heteroatoms. The fourth-order valence-electron chi connectivity index (χ4n) is 7.41. The summed E-state index contributed by atoms with van der Waals surface area (Å²) in [5.74, 6) is 1.90. The average molecular weight is 720 g/mol. The monoisotopic (exact) mass is 719 g/mol. The molecule has 0 aliphatic heterocycles. The van der Waals surface area contributed by atoms with Gasteiger partial charge in [-0.25, -0.2) is 15.0 Å². The van der Waals surface area contributed by atoms with Gasteiger partial charge in [0.05, 0.1) is 0 Å². The molecule has 0 aliphatic rings. The molecule has 2 heterocycles. The van der Waals surface area contributed by atoms with Gasteiger partial charge in [-0.2, -0.15) is 0 Å². The van der Waals surface area contributed by atoms with Crippen LogP contribution in [0.1, 0.15) is 0 Å². The summed E-state index contributed by atoms with van der Waals surface area (Å²) in [5, 5.41) is 2.59. The van der Waals surface area contributed by atoms with E-state index in [2.05, 4.69) is 182 Å². The van der Waals surface area contributed by atoms with E-state index < -0.39 is 0 Å². The van der Waals surface area contributed by atoms with E-state index in [0.29, 0.717) is 17.5 Å². The predicted molar refractivity (Wildman–Crippen MR) is 231 cm³/mol. The molecule has 0 unspecified atom stereocenters. The lowest BCUT2D eigenvalue weighted by Crippen LogP contribution is -2.01. The van der Waals surface area contributed by atoms with E-state index in [9.17, 15) is 0 Å². The molecular formula is C51H33N3S. The van der Waals surface area contributed by atoms with Crippen molar-refractivity contribution in [1.82, 2.24) is 15.0 Å². The maximum absolute atomic E-state index is 5.15. The Morgan fingerprint density at radius 1 is 0.255 bits per heavy atom. The Balaban J connectivity index is 1.05. The number of aromatic nitrogens is 3. The van der Waals surface area contributed by atoms with Crippen molar-refractivity contribution < 1.29 is 0 Å². The zero-order chi connectivity index (χ0) is 36.6. The standard InChI is InChI=1S/C51H33N3S/c1-3-12-34(13-4-1)35-22-24-36(25-23-35)37-26-30-40(31-27-37)49-52-50(54-51(53-49)44-17-8-7-16-42(44)38-14-5-2-6-15-38)41-32-28-39(29-33-41)43-19-11-21-47-48(43)45-18-9-10-20-46(45)55-47/h1-33H. The van der Waals surface area contributed by atoms with Gasteiger partial charge >= 0.3 is 0 Å². The van der Waals surface area contributed by atoms with Crippen LogP contribution < -0.4 is 0 Å². The molecule has 8 aromatic carbocycles. The Hall–Kier alpha value is -7.01. The van der Waals surface area contributed by atoms with Crippen molar-refractivity contribution in [3.63, 3.8) is 0 Å². The SMILES string of the molecule is c1ccc(-c2ccc(-c3ccc(-c4nc(-c5ccc(-c6cccc7sc8ccccc8c67)cc5)nc(-c5ccccc5-c5ccccc5)n4)cc3)cc2)cc1. The Morgan fingerprint density at radius 3 is 1.27 bits per heavy atom. The van der Waals surface area contributed by atoms with Crippen molar-refractivity contribution in [2.45, 2.75) is 0 Å². The first kappa shape index (κ1) is 32.6. The molecule has 3 nitrogen and oxygen atoms in total. The van der Waals surface area contributed by atoms with Crippen LogP contribution in [0.5, 0.6) is 0 Å². The van der Waals surface area contributed by atoms with Gasteiger partial charge in [0.15, 0.2) is 17.5 Å². The predicted octanol–water partition coefficient (Wildman–Crippen LogP) is 13.9. The van der Waals surface area contributed by atoms with Crippen LogP contribution in [-0.2, 0) is 0 Å². The third-order valence-corrected chi connectivity index (χ3v) is 11.3. The highest BCUT2D eigenvalue weighted by atomic mass is 32.1. The van der Waals surface area contributed by atoms with Gasteiger partial charge < -0.3 is 0 Å². The largest absolute Gasteiger partial charge is 0.208 e. The van der Waals surface area contributed by atoms with Gasteiger partial charge in [0.2, 0.25) is 0 Å². The topological polar surface area (TPSA) is 38.7 Å². The summed E-state index contributed by atoms with van der Waals surface area (Å²) in [6.45, 7) is 0. The molecular weight excluding hydrogens is 687 g/mol. The van der Waals surface area contributed by atoms with Crippen molar-refractivity contribution in [3.8, 4) is 78.7 Å². The second-order valence-corrected chi connectivity index (χ2v) is 14.7. The van der Waals surface area contributed by atoms with E-state index >= 15 is 0 Å². The molecule has 258 valence electrons. The third-order valence-electron chi connectivity index (χ3n) is 10.2. The van der Waals surface area contributed by atoms with Gasteiger partial charge in [-0.05, 0) is 56.6 Å². The van der Waals surface area contributed by atoms with Crippen molar-refractivity contribution in [2.24, 2.45) is 0 Å². The molecule has 0 saturated heterocycles. The molecule has 10 rings (SSSR count). The number of thiophene rings is 1. The van der Waals surface area contributed by atoms with E-state index in [0.717, 1.165) is 44.5 Å². The number of fused-ring (bicyclic) bond motifs is 3. The summed E-state index contributed by atoms with van der Waals surface area (Å²) in [4.78, 5) is 15.4. The second kappa shape index (κ2) is 14.1. The van der Waals surface area contributed by atoms with Crippen LogP contribution >= 0.6 is 11.3 Å². The third kappa shape index (κ3) is 6.29. The summed E-state index contributed by atoms with van der Waals surface area (Å²) in [6.07, 6.45) is 0. The molecule has 10 aromatic rings. The highest BCUT2D eigenvalue weighted by Crippen LogP contribution is 2.40. The number of benzene rings is 8. The molecule has 0 spiro atoms. The van der Waals surface area contributed by atoms with E-state index in [1.165, 1.54) is 36.9 Å². The fraction of sp³-hybridized carbons (Fsp3) is 0. The molecule has 55 heavy (non-hydrogen) atoms. The number of nitrogens with zero attached hydrogens (tertiary/aromatic N) is 3. The molecule has 0 N–H and O–H groups in total. The first-order chi connectivity index (χ1) is 27.2. The van der Waals surface area contributed by atoms with Gasteiger partial charge in [-0.1, -0.05) is 188 Å². The van der Waals surface area contributed by atoms with Crippen LogP contribution in [-0.4, -0.2) is 15.0 Å². The van der Waals surface area contributed by atoms with Gasteiger partial charge in [0.1, 0.15) is 0 Å². The van der Waals surface area contributed by atoms with Crippen molar-refractivity contribution >= 4 is 31.5 Å². The minimum absolute atomic E-state index is 0.632. The molecule has 0 radical (unpaired) electrons. The highest BCUT2D eigenvalue weighted by Gasteiger charge is 2.17. The fourth-order valence-corrected chi connectivity index (χ4v) is 8.55. The zero-order valence-corrected chi connectivity index (χ0v) is 30.6. The number of hydrogen-bond acceptors (Lipinski definition) is 4. The van der Waals surface area contributed by atoms with E-state index in [1.54, 1.807) is 0 Å². The molecule has 0 fully saturated rings. The van der Waals surface area contributed by atoms with Gasteiger partial charge in [0, 0.05) is 36.9 Å². The lowest BCUT2D eigenvalue weighted by molar-refractivity contribution is 1.07. The quantitative estimate of drug-likeness (QED) is 0.165. The Bertz CT molecular complexity index is 2930. The van der Waals surface area contributed by atoms with Crippen molar-refractivity contribution in [1.29, 1.82) is 0 Å². The van der Waals surface area contributed by atoms with Crippen LogP contribution in [0.2, 0.25) is 0 Å². The summed E-state index contributed by atoms with van der Waals surface area (Å²) in [7, 11) is 0. The van der Waals surface area contributed by atoms with Crippen molar-refractivity contribution in [3.05, 3.63) is 200 Å². The molecule has 0 atom stereocenters. The molecule has 0 amide bonds. The van der Waals surface area contributed by atoms with Gasteiger partial charge in [0.25, 0.3) is 0 Å². The molecule has 0 saturated carbocycles. The first-order valence-corrected chi connectivity index (χ1v) is 19.3. The molecule has 2 aromatic heterocycles. The summed E-state index contributed by atoms with van der Waals surface area (Å²) in [6, 6.07) is 70.4.